The Morgan fingerprint density at radius 1 is 1.47 bits per heavy atom. The van der Waals surface area contributed by atoms with Gasteiger partial charge in [-0.25, -0.2) is 9.13 Å². The summed E-state index contributed by atoms with van der Waals surface area (Å²) >= 11 is 0. The van der Waals surface area contributed by atoms with Crippen LogP contribution in [-0.2, 0) is 18.4 Å². The maximum Gasteiger partial charge on any atom is 0.356 e. The van der Waals surface area contributed by atoms with Gasteiger partial charge in [0.1, 0.15) is 17.6 Å². The molecule has 1 aromatic heterocycles. The molecule has 0 saturated heterocycles. The van der Waals surface area contributed by atoms with Crippen molar-refractivity contribution in [1.82, 2.24) is 4.57 Å². The van der Waals surface area contributed by atoms with Crippen molar-refractivity contribution in [3.05, 3.63) is 24.3 Å². The molecule has 0 radical (unpaired) electrons. The third-order valence-electron chi connectivity index (χ3n) is 2.53. The fraction of sp³-hybridized carbons (Fsp3) is 0.273. The lowest BCUT2D eigenvalue weighted by molar-refractivity contribution is -0.630. The summed E-state index contributed by atoms with van der Waals surface area (Å²) in [5.74, 6) is 0.703. The fourth-order valence-corrected chi connectivity index (χ4v) is 1.79. The van der Waals surface area contributed by atoms with Crippen molar-refractivity contribution < 1.29 is 9.36 Å². The van der Waals surface area contributed by atoms with E-state index in [0.29, 0.717) is 12.5 Å². The van der Waals surface area contributed by atoms with Gasteiger partial charge >= 0.3 is 5.95 Å². The van der Waals surface area contributed by atoms with Crippen molar-refractivity contribution in [3.8, 4) is 0 Å². The van der Waals surface area contributed by atoms with Crippen LogP contribution in [0.15, 0.2) is 24.3 Å². The number of hydrogen-bond acceptors (Lipinski definition) is 2. The van der Waals surface area contributed by atoms with Crippen LogP contribution >= 0.6 is 0 Å². The lowest BCUT2D eigenvalue weighted by Crippen LogP contribution is -2.31. The van der Waals surface area contributed by atoms with Gasteiger partial charge in [0.25, 0.3) is 0 Å². The van der Waals surface area contributed by atoms with Gasteiger partial charge in [0.05, 0.1) is 7.05 Å². The summed E-state index contributed by atoms with van der Waals surface area (Å²) in [5, 5.41) is 0. The van der Waals surface area contributed by atoms with Crippen LogP contribution in [0.3, 0.4) is 0 Å². The number of ketones is 1. The number of nitrogens with two attached hydrogens (primary N) is 1. The SMILES string of the molecule is CC(=O)Cn1c(N)[n+](C)c2ccccc21. The van der Waals surface area contributed by atoms with Crippen molar-refractivity contribution >= 4 is 22.8 Å². The molecular formula is C11H14N3O+. The van der Waals surface area contributed by atoms with Gasteiger partial charge in [-0.1, -0.05) is 12.1 Å². The van der Waals surface area contributed by atoms with Gasteiger partial charge in [0, 0.05) is 0 Å². The first-order valence-corrected chi connectivity index (χ1v) is 4.83. The summed E-state index contributed by atoms with van der Waals surface area (Å²) in [6, 6.07) is 7.86. The summed E-state index contributed by atoms with van der Waals surface area (Å²) in [6.07, 6.45) is 0. The molecule has 0 amide bonds. The third kappa shape index (κ3) is 1.48. The molecule has 0 bridgehead atoms. The van der Waals surface area contributed by atoms with Gasteiger partial charge < -0.3 is 0 Å². The van der Waals surface area contributed by atoms with Gasteiger partial charge in [-0.3, -0.25) is 10.5 Å². The number of Topliss-reactive ketones (excluding diaryl/α,β-unsaturated/α-hetero) is 1. The lowest BCUT2D eigenvalue weighted by Gasteiger charge is -1.96. The van der Waals surface area contributed by atoms with Crippen molar-refractivity contribution in [2.75, 3.05) is 5.73 Å². The average molecular weight is 204 g/mol. The van der Waals surface area contributed by atoms with Crippen molar-refractivity contribution in [1.29, 1.82) is 0 Å². The fourth-order valence-electron chi connectivity index (χ4n) is 1.79. The molecule has 1 heterocycles. The number of rotatable bonds is 2. The lowest BCUT2D eigenvalue weighted by atomic mass is 10.3. The number of carbonyl (C=O) groups excluding carboxylic acids is 1. The number of carbonyl (C=O) groups is 1. The summed E-state index contributed by atoms with van der Waals surface area (Å²) in [4.78, 5) is 11.1. The summed E-state index contributed by atoms with van der Waals surface area (Å²) < 4.78 is 3.72. The Hall–Kier alpha value is -1.84. The zero-order chi connectivity index (χ0) is 11.0. The zero-order valence-corrected chi connectivity index (χ0v) is 8.90. The number of nitrogen functional groups attached to an aromatic ring is 1. The molecule has 0 spiro atoms. The molecule has 0 aliphatic rings. The minimum absolute atomic E-state index is 0.100. The van der Waals surface area contributed by atoms with Crippen molar-refractivity contribution in [2.24, 2.45) is 7.05 Å². The van der Waals surface area contributed by atoms with E-state index in [4.69, 9.17) is 5.73 Å². The number of aromatic nitrogens is 2. The molecule has 0 saturated carbocycles. The molecule has 1 aromatic carbocycles. The highest BCUT2D eigenvalue weighted by molar-refractivity contribution is 5.80. The first-order chi connectivity index (χ1) is 7.11. The Labute approximate surface area is 87.9 Å². The molecule has 2 N–H and O–H groups in total. The van der Waals surface area contributed by atoms with E-state index in [1.165, 1.54) is 0 Å². The highest BCUT2D eigenvalue weighted by Gasteiger charge is 2.18. The molecule has 2 aromatic rings. The van der Waals surface area contributed by atoms with E-state index in [9.17, 15) is 4.79 Å². The molecule has 15 heavy (non-hydrogen) atoms. The molecule has 0 fully saturated rings. The summed E-state index contributed by atoms with van der Waals surface area (Å²) in [5.41, 5.74) is 7.97. The van der Waals surface area contributed by atoms with Crippen LogP contribution < -0.4 is 10.3 Å². The monoisotopic (exact) mass is 204 g/mol. The summed E-state index contributed by atoms with van der Waals surface area (Å²) in [7, 11) is 1.90. The maximum absolute atomic E-state index is 11.1. The predicted octanol–water partition coefficient (Wildman–Crippen LogP) is 0.637. The first kappa shape index (κ1) is 9.71. The van der Waals surface area contributed by atoms with E-state index in [1.54, 1.807) is 6.92 Å². The van der Waals surface area contributed by atoms with E-state index >= 15 is 0 Å². The Morgan fingerprint density at radius 2 is 2.13 bits per heavy atom. The highest BCUT2D eigenvalue weighted by atomic mass is 16.1. The van der Waals surface area contributed by atoms with Crippen LogP contribution in [-0.4, -0.2) is 10.4 Å². The maximum atomic E-state index is 11.1. The van der Waals surface area contributed by atoms with E-state index in [2.05, 4.69) is 0 Å². The summed E-state index contributed by atoms with van der Waals surface area (Å²) in [6.45, 7) is 1.89. The number of para-hydroxylation sites is 2. The van der Waals surface area contributed by atoms with Gasteiger partial charge in [0.2, 0.25) is 0 Å². The van der Waals surface area contributed by atoms with Crippen molar-refractivity contribution in [3.63, 3.8) is 0 Å². The molecule has 0 unspecified atom stereocenters. The quantitative estimate of drug-likeness (QED) is 0.730. The Balaban J connectivity index is 2.72. The average Bonchev–Trinajstić information content (AvgIpc) is 2.44. The van der Waals surface area contributed by atoms with E-state index < -0.39 is 0 Å². The molecule has 4 nitrogen and oxygen atoms in total. The molecule has 4 heteroatoms. The Morgan fingerprint density at radius 3 is 2.80 bits per heavy atom. The number of fused-ring (bicyclic) bond motifs is 1. The molecular weight excluding hydrogens is 190 g/mol. The molecule has 0 aliphatic heterocycles. The molecule has 0 atom stereocenters. The van der Waals surface area contributed by atoms with Gasteiger partial charge in [-0.05, 0) is 19.1 Å². The van der Waals surface area contributed by atoms with E-state index in [0.717, 1.165) is 11.0 Å². The number of anilines is 1. The van der Waals surface area contributed by atoms with Gasteiger partial charge in [-0.2, -0.15) is 0 Å². The van der Waals surface area contributed by atoms with Crippen molar-refractivity contribution in [2.45, 2.75) is 13.5 Å². The normalized spacial score (nSPS) is 10.8. The number of hydrogen-bond donors (Lipinski definition) is 1. The van der Waals surface area contributed by atoms with Gasteiger partial charge in [0.15, 0.2) is 5.78 Å². The first-order valence-electron chi connectivity index (χ1n) is 4.83. The third-order valence-corrected chi connectivity index (χ3v) is 2.53. The largest absolute Gasteiger partial charge is 0.356 e. The minimum Gasteiger partial charge on any atom is -0.296 e. The molecule has 0 aliphatic carbocycles. The number of imidazole rings is 1. The van der Waals surface area contributed by atoms with Crippen LogP contribution in [0.2, 0.25) is 0 Å². The second-order valence-electron chi connectivity index (χ2n) is 3.69. The van der Waals surface area contributed by atoms with Crippen LogP contribution in [0.25, 0.3) is 11.0 Å². The highest BCUT2D eigenvalue weighted by Crippen LogP contribution is 2.14. The number of nitrogens with zero attached hydrogens (tertiary/aromatic N) is 2. The Bertz CT molecular complexity index is 528. The minimum atomic E-state index is 0.100. The molecule has 2 rings (SSSR count). The van der Waals surface area contributed by atoms with Crippen LogP contribution in [0.4, 0.5) is 5.95 Å². The number of benzene rings is 1. The Kier molecular flexibility index (Phi) is 2.19. The van der Waals surface area contributed by atoms with Crippen LogP contribution in [0.5, 0.6) is 0 Å². The molecule has 78 valence electrons. The van der Waals surface area contributed by atoms with Crippen LogP contribution in [0, 0.1) is 0 Å². The topological polar surface area (TPSA) is 51.9 Å². The second kappa shape index (κ2) is 3.38. The van der Waals surface area contributed by atoms with E-state index in [1.807, 2.05) is 40.4 Å². The van der Waals surface area contributed by atoms with E-state index in [-0.39, 0.29) is 5.78 Å². The predicted molar refractivity (Wildman–Crippen MR) is 58.2 cm³/mol. The smallest absolute Gasteiger partial charge is 0.296 e. The standard InChI is InChI=1S/C11H13N3O/c1-8(15)7-14-10-6-4-3-5-9(10)13(2)11(14)12/h3-6,12H,7H2,1-2H3/p+1. The van der Waals surface area contributed by atoms with Gasteiger partial charge in [-0.15, -0.1) is 0 Å². The van der Waals surface area contributed by atoms with Crippen LogP contribution in [0.1, 0.15) is 6.92 Å². The second-order valence-corrected chi connectivity index (χ2v) is 3.69. The number of aryl methyl sites for hydroxylation is 1. The zero-order valence-electron chi connectivity index (χ0n) is 8.90.